The number of rotatable bonds is 3. The number of aromatic nitrogens is 1. The minimum atomic E-state index is -0.00534. The van der Waals surface area contributed by atoms with Crippen molar-refractivity contribution in [2.75, 3.05) is 0 Å². The van der Waals surface area contributed by atoms with E-state index in [2.05, 4.69) is 20.9 Å². The van der Waals surface area contributed by atoms with Gasteiger partial charge in [0.1, 0.15) is 5.75 Å². The first-order valence-corrected chi connectivity index (χ1v) is 6.26. The summed E-state index contributed by atoms with van der Waals surface area (Å²) in [6, 6.07) is 8.98. The summed E-state index contributed by atoms with van der Waals surface area (Å²) in [5.41, 5.74) is 1.67. The van der Waals surface area contributed by atoms with Gasteiger partial charge in [-0.2, -0.15) is 0 Å². The van der Waals surface area contributed by atoms with Crippen LogP contribution < -0.4 is 4.74 Å². The molecule has 4 heteroatoms. The Morgan fingerprint density at radius 1 is 1.28 bits per heavy atom. The fraction of sp³-hybridized carbons (Fsp3) is 0.143. The molecule has 0 radical (unpaired) electrons. The second kappa shape index (κ2) is 5.31. The number of ketones is 1. The van der Waals surface area contributed by atoms with Crippen molar-refractivity contribution in [3.8, 4) is 11.6 Å². The second-order valence-corrected chi connectivity index (χ2v) is 4.81. The first-order valence-electron chi connectivity index (χ1n) is 5.47. The third-order valence-electron chi connectivity index (χ3n) is 2.49. The van der Waals surface area contributed by atoms with E-state index in [4.69, 9.17) is 4.74 Å². The molecule has 0 aliphatic rings. The molecule has 0 bridgehead atoms. The van der Waals surface area contributed by atoms with E-state index in [-0.39, 0.29) is 5.78 Å². The molecule has 0 atom stereocenters. The van der Waals surface area contributed by atoms with Gasteiger partial charge in [-0.1, -0.05) is 15.9 Å². The van der Waals surface area contributed by atoms with Gasteiger partial charge in [-0.3, -0.25) is 4.79 Å². The summed E-state index contributed by atoms with van der Waals surface area (Å²) in [7, 11) is 0. The summed E-state index contributed by atoms with van der Waals surface area (Å²) < 4.78 is 6.65. The molecule has 0 fully saturated rings. The predicted molar refractivity (Wildman–Crippen MR) is 73.2 cm³/mol. The van der Waals surface area contributed by atoms with Crippen molar-refractivity contribution in [1.82, 2.24) is 4.98 Å². The van der Waals surface area contributed by atoms with Crippen LogP contribution in [0.4, 0.5) is 0 Å². The van der Waals surface area contributed by atoms with Gasteiger partial charge in [-0.25, -0.2) is 4.98 Å². The molecule has 0 spiro atoms. The summed E-state index contributed by atoms with van der Waals surface area (Å²) in [6.45, 7) is 3.50. The van der Waals surface area contributed by atoms with Crippen molar-refractivity contribution in [3.05, 3.63) is 52.1 Å². The predicted octanol–water partition coefficient (Wildman–Crippen LogP) is 4.15. The first kappa shape index (κ1) is 12.8. The highest BCUT2D eigenvalue weighted by molar-refractivity contribution is 9.10. The third kappa shape index (κ3) is 2.96. The van der Waals surface area contributed by atoms with Crippen molar-refractivity contribution in [1.29, 1.82) is 0 Å². The monoisotopic (exact) mass is 305 g/mol. The number of benzene rings is 1. The smallest absolute Gasteiger partial charge is 0.219 e. The Labute approximate surface area is 114 Å². The van der Waals surface area contributed by atoms with Crippen LogP contribution in [0.3, 0.4) is 0 Å². The Bertz CT molecular complexity index is 596. The first-order chi connectivity index (χ1) is 8.56. The minimum absolute atomic E-state index is 0.00534. The Kier molecular flexibility index (Phi) is 3.77. The summed E-state index contributed by atoms with van der Waals surface area (Å²) in [4.78, 5) is 15.3. The molecule has 0 amide bonds. The number of ether oxygens (including phenoxy) is 1. The van der Waals surface area contributed by atoms with E-state index in [9.17, 15) is 4.79 Å². The molecule has 2 aromatic rings. The van der Waals surface area contributed by atoms with E-state index in [1.807, 2.05) is 25.1 Å². The number of hydrogen-bond donors (Lipinski definition) is 0. The zero-order valence-electron chi connectivity index (χ0n) is 10.1. The summed E-state index contributed by atoms with van der Waals surface area (Å²) >= 11 is 3.43. The molecule has 3 nitrogen and oxygen atoms in total. The van der Waals surface area contributed by atoms with Gasteiger partial charge in [0, 0.05) is 22.3 Å². The summed E-state index contributed by atoms with van der Waals surface area (Å²) in [5.74, 6) is 1.11. The number of Topliss-reactive ketones (excluding diaryl/α,β-unsaturated/α-hetero) is 1. The van der Waals surface area contributed by atoms with Gasteiger partial charge in [-0.15, -0.1) is 0 Å². The molecule has 1 heterocycles. The van der Waals surface area contributed by atoms with Crippen LogP contribution in [0, 0.1) is 6.92 Å². The lowest BCUT2D eigenvalue weighted by atomic mass is 10.2. The molecule has 0 N–H and O–H groups in total. The normalized spacial score (nSPS) is 10.2. The van der Waals surface area contributed by atoms with E-state index in [0.29, 0.717) is 17.2 Å². The average Bonchev–Trinajstić information content (AvgIpc) is 2.34. The van der Waals surface area contributed by atoms with Crippen LogP contribution in [0.5, 0.6) is 11.6 Å². The molecule has 1 aromatic heterocycles. The third-order valence-corrected chi connectivity index (χ3v) is 3.38. The van der Waals surface area contributed by atoms with Crippen LogP contribution in [0.15, 0.2) is 41.0 Å². The number of carbonyl (C=O) groups excluding carboxylic acids is 1. The quantitative estimate of drug-likeness (QED) is 0.800. The second-order valence-electron chi connectivity index (χ2n) is 3.95. The van der Waals surface area contributed by atoms with Crippen molar-refractivity contribution < 1.29 is 9.53 Å². The molecule has 18 heavy (non-hydrogen) atoms. The summed E-state index contributed by atoms with van der Waals surface area (Å²) in [6.07, 6.45) is 1.57. The van der Waals surface area contributed by atoms with Gasteiger partial charge in [0.2, 0.25) is 5.88 Å². The van der Waals surface area contributed by atoms with Crippen molar-refractivity contribution in [3.63, 3.8) is 0 Å². The van der Waals surface area contributed by atoms with Crippen LogP contribution in [0.1, 0.15) is 22.8 Å². The van der Waals surface area contributed by atoms with Gasteiger partial charge in [0.15, 0.2) is 5.78 Å². The molecule has 0 saturated heterocycles. The number of carbonyl (C=O) groups is 1. The fourth-order valence-electron chi connectivity index (χ4n) is 1.49. The lowest BCUT2D eigenvalue weighted by Gasteiger charge is -2.07. The molecule has 0 saturated carbocycles. The topological polar surface area (TPSA) is 39.2 Å². The maximum absolute atomic E-state index is 11.3. The minimum Gasteiger partial charge on any atom is -0.439 e. The van der Waals surface area contributed by atoms with E-state index in [1.54, 1.807) is 18.3 Å². The molecule has 92 valence electrons. The zero-order chi connectivity index (χ0) is 13.1. The highest BCUT2D eigenvalue weighted by Crippen LogP contribution is 2.25. The maximum Gasteiger partial charge on any atom is 0.219 e. The molecular weight excluding hydrogens is 294 g/mol. The number of nitrogens with zero attached hydrogens (tertiary/aromatic N) is 1. The number of halogens is 1. The highest BCUT2D eigenvalue weighted by Gasteiger charge is 2.04. The van der Waals surface area contributed by atoms with Crippen molar-refractivity contribution in [2.45, 2.75) is 13.8 Å². The number of aryl methyl sites for hydroxylation is 1. The molecule has 2 rings (SSSR count). The molecular formula is C14H12BrNO2. The van der Waals surface area contributed by atoms with E-state index in [1.165, 1.54) is 6.92 Å². The SMILES string of the molecule is CC(=O)c1ccnc(Oc2ccc(Br)c(C)c2)c1. The summed E-state index contributed by atoms with van der Waals surface area (Å²) in [5, 5.41) is 0. The molecule has 0 aliphatic carbocycles. The highest BCUT2D eigenvalue weighted by atomic mass is 79.9. The molecule has 0 unspecified atom stereocenters. The standard InChI is InChI=1S/C14H12BrNO2/c1-9-7-12(3-4-13(9)15)18-14-8-11(10(2)17)5-6-16-14/h3-8H,1-2H3. The van der Waals surface area contributed by atoms with E-state index >= 15 is 0 Å². The van der Waals surface area contributed by atoms with Crippen LogP contribution in [0.2, 0.25) is 0 Å². The maximum atomic E-state index is 11.3. The lowest BCUT2D eigenvalue weighted by molar-refractivity contribution is 0.101. The van der Waals surface area contributed by atoms with Gasteiger partial charge in [0.25, 0.3) is 0 Å². The van der Waals surface area contributed by atoms with Gasteiger partial charge >= 0.3 is 0 Å². The Morgan fingerprint density at radius 2 is 2.06 bits per heavy atom. The molecule has 1 aromatic carbocycles. The Hall–Kier alpha value is -1.68. The largest absolute Gasteiger partial charge is 0.439 e. The van der Waals surface area contributed by atoms with Crippen LogP contribution >= 0.6 is 15.9 Å². The Balaban J connectivity index is 2.25. The van der Waals surface area contributed by atoms with E-state index in [0.717, 1.165) is 10.0 Å². The fourth-order valence-corrected chi connectivity index (χ4v) is 1.73. The van der Waals surface area contributed by atoms with E-state index < -0.39 is 0 Å². The van der Waals surface area contributed by atoms with Crippen LogP contribution in [-0.2, 0) is 0 Å². The number of pyridine rings is 1. The lowest BCUT2D eigenvalue weighted by Crippen LogP contribution is -1.95. The van der Waals surface area contributed by atoms with Crippen molar-refractivity contribution >= 4 is 21.7 Å². The average molecular weight is 306 g/mol. The van der Waals surface area contributed by atoms with Gasteiger partial charge < -0.3 is 4.74 Å². The number of hydrogen-bond acceptors (Lipinski definition) is 3. The van der Waals surface area contributed by atoms with Crippen molar-refractivity contribution in [2.24, 2.45) is 0 Å². The molecule has 0 aliphatic heterocycles. The Morgan fingerprint density at radius 3 is 2.72 bits per heavy atom. The van der Waals surface area contributed by atoms with Crippen LogP contribution in [-0.4, -0.2) is 10.8 Å². The van der Waals surface area contributed by atoms with Gasteiger partial charge in [-0.05, 0) is 43.7 Å². The zero-order valence-corrected chi connectivity index (χ0v) is 11.7. The van der Waals surface area contributed by atoms with Gasteiger partial charge in [0.05, 0.1) is 0 Å². The van der Waals surface area contributed by atoms with Crippen LogP contribution in [0.25, 0.3) is 0 Å².